The smallest absolute Gasteiger partial charge is 0.267 e. The molecule has 0 aliphatic heterocycles. The molecule has 3 N–H and O–H groups in total. The van der Waals surface area contributed by atoms with E-state index in [1.165, 1.54) is 33.2 Å². The van der Waals surface area contributed by atoms with Crippen LogP contribution >= 0.6 is 69.6 Å². The van der Waals surface area contributed by atoms with E-state index in [-0.39, 0.29) is 44.3 Å². The summed E-state index contributed by atoms with van der Waals surface area (Å²) in [6, 6.07) is 40.1. The lowest BCUT2D eigenvalue weighted by atomic mass is 10.1. The zero-order valence-corrected chi connectivity index (χ0v) is 45.5. The predicted molar refractivity (Wildman–Crippen MR) is 289 cm³/mol. The Hall–Kier alpha value is -6.12. The van der Waals surface area contributed by atoms with Gasteiger partial charge in [0.05, 0.1) is 42.3 Å². The first-order valence-electron chi connectivity index (χ1n) is 22.1. The fourth-order valence-corrected chi connectivity index (χ4v) is 7.60. The maximum absolute atomic E-state index is 12.9. The lowest BCUT2D eigenvalue weighted by molar-refractivity contribution is 0.0357. The van der Waals surface area contributed by atoms with Crippen molar-refractivity contribution in [3.63, 3.8) is 0 Å². The molecule has 0 saturated heterocycles. The summed E-state index contributed by atoms with van der Waals surface area (Å²) in [5, 5.41) is 5.64. The van der Waals surface area contributed by atoms with E-state index in [1.807, 2.05) is 59.7 Å². The average molecular weight is 1100 g/mol. The molecule has 0 spiro atoms. The summed E-state index contributed by atoms with van der Waals surface area (Å²) in [7, 11) is 0. The fraction of sp³-hybridized carbons (Fsp3) is 0.222. The van der Waals surface area contributed by atoms with Gasteiger partial charge in [-0.2, -0.15) is 0 Å². The molecule has 0 bridgehead atoms. The Kier molecular flexibility index (Phi) is 20.7. The molecule has 6 amide bonds. The number of carbonyl (C=O) groups is 6. The monoisotopic (exact) mass is 1090 g/mol. The summed E-state index contributed by atoms with van der Waals surface area (Å²) in [4.78, 5) is 75.9. The zero-order valence-electron chi connectivity index (χ0n) is 40.9. The van der Waals surface area contributed by atoms with Crippen molar-refractivity contribution in [3.8, 4) is 0 Å². The number of amides is 6. The maximum atomic E-state index is 12.9. The Morgan fingerprint density at radius 1 is 0.333 bits per heavy atom. The van der Waals surface area contributed by atoms with E-state index in [2.05, 4.69) is 16.3 Å². The summed E-state index contributed by atoms with van der Waals surface area (Å²) in [6.45, 7) is 16.4. The Labute approximate surface area is 450 Å². The molecule has 0 heterocycles. The molecule has 0 unspecified atom stereocenters. The van der Waals surface area contributed by atoms with Gasteiger partial charge in [-0.15, -0.1) is 0 Å². The summed E-state index contributed by atoms with van der Waals surface area (Å²) < 4.78 is 0. The van der Waals surface area contributed by atoms with Crippen molar-refractivity contribution in [1.82, 2.24) is 31.3 Å². The van der Waals surface area contributed by atoms with Gasteiger partial charge in [-0.05, 0) is 147 Å². The summed E-state index contributed by atoms with van der Waals surface area (Å²) in [5.74, 6) is -2.35. The van der Waals surface area contributed by atoms with E-state index in [9.17, 15) is 28.8 Å². The number of hydrazine groups is 3. The topological polar surface area (TPSA) is 148 Å². The van der Waals surface area contributed by atoms with Gasteiger partial charge in [0.15, 0.2) is 0 Å². The van der Waals surface area contributed by atoms with Crippen molar-refractivity contribution < 1.29 is 28.8 Å². The van der Waals surface area contributed by atoms with Crippen LogP contribution in [0.1, 0.15) is 124 Å². The summed E-state index contributed by atoms with van der Waals surface area (Å²) in [5.41, 5.74) is 8.22. The number of benzene rings is 6. The number of nitrogens with zero attached hydrogens (tertiary/aromatic N) is 3. The first-order chi connectivity index (χ1) is 33.6. The molecule has 6 rings (SSSR count). The van der Waals surface area contributed by atoms with Crippen molar-refractivity contribution in [2.45, 2.75) is 78.9 Å². The normalized spacial score (nSPS) is 11.0. The SMILES string of the molecule is CC(C)(C)N(NC(=O)c1ccccc1)C(=O)c1c(Cl)cccc1Cl.CC(C)(C)N(NC(=O)c1ccccc1)C(=O)c1cc(Cl)cc(Cl)c1.CC(C)(C)N(NC(=O)c1ccccc1)C(=O)c1ccc(Cl)c(Cl)c1. The Balaban J connectivity index is 0.000000234. The van der Waals surface area contributed by atoms with Gasteiger partial charge in [0, 0.05) is 37.9 Å². The van der Waals surface area contributed by atoms with Crippen LogP contribution in [0, 0.1) is 0 Å². The molecule has 12 nitrogen and oxygen atoms in total. The molecule has 18 heteroatoms. The van der Waals surface area contributed by atoms with Crippen LogP contribution in [-0.4, -0.2) is 67.1 Å². The van der Waals surface area contributed by atoms with Gasteiger partial charge in [0.25, 0.3) is 35.4 Å². The van der Waals surface area contributed by atoms with E-state index in [0.717, 1.165) is 0 Å². The number of halogens is 6. The van der Waals surface area contributed by atoms with Crippen molar-refractivity contribution in [1.29, 1.82) is 0 Å². The molecule has 0 aromatic heterocycles. The Morgan fingerprint density at radius 3 is 1.00 bits per heavy atom. The number of hydrogen-bond acceptors (Lipinski definition) is 6. The van der Waals surface area contributed by atoms with Crippen molar-refractivity contribution in [2.75, 3.05) is 0 Å². The molecule has 0 aliphatic rings. The van der Waals surface area contributed by atoms with Crippen LogP contribution < -0.4 is 16.3 Å². The minimum atomic E-state index is -0.677. The quantitative estimate of drug-likeness (QED) is 0.141. The minimum absolute atomic E-state index is 0.157. The number of rotatable bonds is 6. The standard InChI is InChI=1S/3C18H18Cl2N2O2/c1-18(2,3)22(21-16(23)12-8-5-4-6-9-12)17(24)15-13(19)10-7-11-14(15)20;1-18(2,3)22(21-16(23)12-7-5-4-6-8-12)17(24)13-9-14(19)11-15(20)10-13;1-18(2,3)22(21-16(23)12-7-5-4-6-8-12)17(24)13-9-10-14(19)15(20)11-13/h3*4-11H,1-3H3,(H,21,23). The predicted octanol–water partition coefficient (Wildman–Crippen LogP) is 13.7. The maximum Gasteiger partial charge on any atom is 0.275 e. The lowest BCUT2D eigenvalue weighted by Gasteiger charge is -2.35. The number of hydrogen-bond donors (Lipinski definition) is 3. The second kappa shape index (κ2) is 25.5. The van der Waals surface area contributed by atoms with Crippen molar-refractivity contribution in [2.24, 2.45) is 0 Å². The summed E-state index contributed by atoms with van der Waals surface area (Å²) in [6.07, 6.45) is 0. The third kappa shape index (κ3) is 16.7. The molecule has 72 heavy (non-hydrogen) atoms. The Bertz CT molecular complexity index is 2850. The van der Waals surface area contributed by atoms with Crippen LogP contribution in [0.4, 0.5) is 0 Å². The largest absolute Gasteiger partial charge is 0.275 e. The van der Waals surface area contributed by atoms with Crippen LogP contribution in [0.5, 0.6) is 0 Å². The second-order valence-electron chi connectivity index (χ2n) is 18.7. The molecule has 6 aromatic rings. The molecule has 0 radical (unpaired) electrons. The molecule has 0 fully saturated rings. The van der Waals surface area contributed by atoms with Crippen LogP contribution in [0.2, 0.25) is 30.1 Å². The molecule has 0 aliphatic carbocycles. The molecule has 378 valence electrons. The molecular formula is C54H54Cl6N6O6. The van der Waals surface area contributed by atoms with Crippen LogP contribution in [0.15, 0.2) is 146 Å². The fourth-order valence-electron chi connectivity index (χ4n) is 6.21. The minimum Gasteiger partial charge on any atom is -0.267 e. The van der Waals surface area contributed by atoms with Gasteiger partial charge in [-0.25, -0.2) is 15.0 Å². The van der Waals surface area contributed by atoms with Gasteiger partial charge in [0.2, 0.25) is 0 Å². The lowest BCUT2D eigenvalue weighted by Crippen LogP contribution is -2.56. The summed E-state index contributed by atoms with van der Waals surface area (Å²) >= 11 is 36.1. The molecule has 6 aromatic carbocycles. The van der Waals surface area contributed by atoms with E-state index >= 15 is 0 Å². The van der Waals surface area contributed by atoms with Gasteiger partial charge < -0.3 is 0 Å². The highest BCUT2D eigenvalue weighted by atomic mass is 35.5. The van der Waals surface area contributed by atoms with E-state index in [1.54, 1.807) is 130 Å². The van der Waals surface area contributed by atoms with Crippen LogP contribution in [-0.2, 0) is 0 Å². The highest BCUT2D eigenvalue weighted by Gasteiger charge is 2.33. The van der Waals surface area contributed by atoms with Crippen molar-refractivity contribution in [3.05, 3.63) is 209 Å². The highest BCUT2D eigenvalue weighted by molar-refractivity contribution is 6.42. The van der Waals surface area contributed by atoms with Crippen molar-refractivity contribution >= 4 is 105 Å². The van der Waals surface area contributed by atoms with Crippen LogP contribution in [0.25, 0.3) is 0 Å². The first-order valence-corrected chi connectivity index (χ1v) is 24.3. The molecule has 0 saturated carbocycles. The average Bonchev–Trinajstić information content (AvgIpc) is 3.31. The highest BCUT2D eigenvalue weighted by Crippen LogP contribution is 2.29. The third-order valence-corrected chi connectivity index (χ3v) is 11.6. The third-order valence-electron chi connectivity index (χ3n) is 9.82. The number of carbonyl (C=O) groups excluding carboxylic acids is 6. The number of nitrogens with one attached hydrogen (secondary N) is 3. The zero-order chi connectivity index (χ0) is 53.7. The van der Waals surface area contributed by atoms with Gasteiger partial charge in [0.1, 0.15) is 0 Å². The first kappa shape index (κ1) is 58.5. The second-order valence-corrected chi connectivity index (χ2v) is 21.2. The van der Waals surface area contributed by atoms with E-state index in [0.29, 0.717) is 42.9 Å². The molecule has 0 atom stereocenters. The van der Waals surface area contributed by atoms with E-state index < -0.39 is 28.4 Å². The van der Waals surface area contributed by atoms with E-state index in [4.69, 9.17) is 69.6 Å². The molecular weight excluding hydrogens is 1040 g/mol. The van der Waals surface area contributed by atoms with Crippen LogP contribution in [0.3, 0.4) is 0 Å². The van der Waals surface area contributed by atoms with Gasteiger partial charge in [-0.3, -0.25) is 45.0 Å². The Morgan fingerprint density at radius 2 is 0.667 bits per heavy atom. The van der Waals surface area contributed by atoms with Gasteiger partial charge >= 0.3 is 0 Å². The van der Waals surface area contributed by atoms with Gasteiger partial charge in [-0.1, -0.05) is 130 Å².